The van der Waals surface area contributed by atoms with Gasteiger partial charge in [0, 0.05) is 19.2 Å². The van der Waals surface area contributed by atoms with Gasteiger partial charge in [-0.15, -0.1) is 0 Å². The number of phenols is 1. The Kier molecular flexibility index (Phi) is 4.88. The molecule has 0 bridgehead atoms. The van der Waals surface area contributed by atoms with Crippen LogP contribution in [0.4, 0.5) is 0 Å². The highest BCUT2D eigenvalue weighted by atomic mass is 16.5. The molecule has 0 spiro atoms. The maximum Gasteiger partial charge on any atom is 0.257 e. The Hall–Kier alpha value is -1.71. The number of phenolic OH excluding ortho intramolecular Hbond substituents is 1. The Morgan fingerprint density at radius 2 is 1.90 bits per heavy atom. The van der Waals surface area contributed by atoms with E-state index in [1.54, 1.807) is 17.0 Å². The van der Waals surface area contributed by atoms with Crippen LogP contribution < -0.4 is 4.74 Å². The molecule has 2 rings (SSSR count). The molecule has 0 atom stereocenters. The van der Waals surface area contributed by atoms with Gasteiger partial charge in [-0.25, -0.2) is 0 Å². The molecule has 4 heteroatoms. The molecule has 110 valence electrons. The Bertz CT molecular complexity index is 465. The molecule has 0 unspecified atom stereocenters. The summed E-state index contributed by atoms with van der Waals surface area (Å²) < 4.78 is 5.04. The summed E-state index contributed by atoms with van der Waals surface area (Å²) in [6.07, 6.45) is 6.98. The van der Waals surface area contributed by atoms with Gasteiger partial charge in [0.2, 0.25) is 0 Å². The minimum Gasteiger partial charge on any atom is -0.507 e. The fourth-order valence-corrected chi connectivity index (χ4v) is 2.82. The minimum absolute atomic E-state index is 0.0187. The van der Waals surface area contributed by atoms with Crippen LogP contribution in [-0.2, 0) is 0 Å². The smallest absolute Gasteiger partial charge is 0.257 e. The van der Waals surface area contributed by atoms with E-state index in [2.05, 4.69) is 0 Å². The maximum atomic E-state index is 12.5. The average molecular weight is 277 g/mol. The van der Waals surface area contributed by atoms with E-state index >= 15 is 0 Å². The quantitative estimate of drug-likeness (QED) is 0.863. The third-order valence-corrected chi connectivity index (χ3v) is 4.13. The molecule has 1 aromatic rings. The number of benzene rings is 1. The Morgan fingerprint density at radius 1 is 1.25 bits per heavy atom. The van der Waals surface area contributed by atoms with Gasteiger partial charge in [-0.3, -0.25) is 4.79 Å². The van der Waals surface area contributed by atoms with Gasteiger partial charge >= 0.3 is 0 Å². The number of methoxy groups -OCH3 is 1. The van der Waals surface area contributed by atoms with Crippen LogP contribution in [0.5, 0.6) is 11.5 Å². The van der Waals surface area contributed by atoms with Crippen LogP contribution in [0.2, 0.25) is 0 Å². The molecule has 1 aliphatic rings. The highest BCUT2D eigenvalue weighted by molar-refractivity contribution is 5.97. The zero-order valence-electron chi connectivity index (χ0n) is 12.3. The van der Waals surface area contributed by atoms with E-state index in [9.17, 15) is 9.90 Å². The van der Waals surface area contributed by atoms with Crippen LogP contribution in [0.1, 0.15) is 48.9 Å². The summed E-state index contributed by atoms with van der Waals surface area (Å²) in [5, 5.41) is 9.97. The summed E-state index contributed by atoms with van der Waals surface area (Å²) in [7, 11) is 3.37. The van der Waals surface area contributed by atoms with Crippen molar-refractivity contribution in [2.45, 2.75) is 44.6 Å². The van der Waals surface area contributed by atoms with E-state index in [4.69, 9.17) is 4.74 Å². The number of rotatable bonds is 3. The van der Waals surface area contributed by atoms with E-state index in [0.717, 1.165) is 12.8 Å². The largest absolute Gasteiger partial charge is 0.507 e. The molecular weight excluding hydrogens is 254 g/mol. The predicted octanol–water partition coefficient (Wildman–Crippen LogP) is 3.20. The molecule has 0 aliphatic heterocycles. The number of nitrogens with zero attached hydrogens (tertiary/aromatic N) is 1. The molecule has 1 aromatic carbocycles. The molecule has 0 aromatic heterocycles. The molecule has 1 amide bonds. The summed E-state index contributed by atoms with van der Waals surface area (Å²) in [6.45, 7) is 0. The number of hydrogen-bond donors (Lipinski definition) is 1. The maximum absolute atomic E-state index is 12.5. The van der Waals surface area contributed by atoms with Crippen molar-refractivity contribution in [3.63, 3.8) is 0 Å². The van der Waals surface area contributed by atoms with Gasteiger partial charge in [0.1, 0.15) is 11.5 Å². The van der Waals surface area contributed by atoms with Crippen LogP contribution in [-0.4, -0.2) is 36.1 Å². The zero-order chi connectivity index (χ0) is 14.5. The molecule has 1 saturated carbocycles. The van der Waals surface area contributed by atoms with Crippen molar-refractivity contribution in [1.29, 1.82) is 0 Å². The highest BCUT2D eigenvalue weighted by Crippen LogP contribution is 2.27. The second kappa shape index (κ2) is 6.64. The monoisotopic (exact) mass is 277 g/mol. The standard InChI is InChI=1S/C16H23NO3/c1-17(12-7-5-3-4-6-8-12)16(19)14-10-9-13(20-2)11-15(14)18/h9-12,18H,3-8H2,1-2H3. The fraction of sp³-hybridized carbons (Fsp3) is 0.562. The lowest BCUT2D eigenvalue weighted by Gasteiger charge is -2.27. The topological polar surface area (TPSA) is 49.8 Å². The summed E-state index contributed by atoms with van der Waals surface area (Å²) in [5.41, 5.74) is 0.345. The molecule has 0 heterocycles. The SMILES string of the molecule is COc1ccc(C(=O)N(C)C2CCCCCC2)c(O)c1. The number of aromatic hydroxyl groups is 1. The Labute approximate surface area is 120 Å². The first-order chi connectivity index (χ1) is 9.63. The van der Waals surface area contributed by atoms with Crippen molar-refractivity contribution in [2.75, 3.05) is 14.2 Å². The summed E-state index contributed by atoms with van der Waals surface area (Å²) >= 11 is 0. The van der Waals surface area contributed by atoms with E-state index in [0.29, 0.717) is 11.3 Å². The van der Waals surface area contributed by atoms with Crippen molar-refractivity contribution < 1.29 is 14.6 Å². The molecule has 4 nitrogen and oxygen atoms in total. The molecule has 1 N–H and O–H groups in total. The first-order valence-corrected chi connectivity index (χ1v) is 7.27. The third kappa shape index (κ3) is 3.24. The highest BCUT2D eigenvalue weighted by Gasteiger charge is 2.24. The fourth-order valence-electron chi connectivity index (χ4n) is 2.82. The number of carbonyl (C=O) groups excluding carboxylic acids is 1. The first-order valence-electron chi connectivity index (χ1n) is 7.27. The van der Waals surface area contributed by atoms with Gasteiger partial charge in [0.05, 0.1) is 12.7 Å². The minimum atomic E-state index is -0.114. The Balaban J connectivity index is 2.13. The van der Waals surface area contributed by atoms with Crippen molar-refractivity contribution >= 4 is 5.91 Å². The van der Waals surface area contributed by atoms with Crippen molar-refractivity contribution in [2.24, 2.45) is 0 Å². The van der Waals surface area contributed by atoms with E-state index in [1.165, 1.54) is 38.9 Å². The van der Waals surface area contributed by atoms with Gasteiger partial charge < -0.3 is 14.7 Å². The van der Waals surface area contributed by atoms with Gasteiger partial charge in [-0.1, -0.05) is 25.7 Å². The number of hydrogen-bond acceptors (Lipinski definition) is 3. The second-order valence-electron chi connectivity index (χ2n) is 5.44. The van der Waals surface area contributed by atoms with Gasteiger partial charge in [0.15, 0.2) is 0 Å². The van der Waals surface area contributed by atoms with Crippen molar-refractivity contribution in [3.8, 4) is 11.5 Å². The van der Waals surface area contributed by atoms with Crippen molar-refractivity contribution in [1.82, 2.24) is 4.90 Å². The van der Waals surface area contributed by atoms with E-state index in [-0.39, 0.29) is 17.7 Å². The van der Waals surface area contributed by atoms with Crippen molar-refractivity contribution in [3.05, 3.63) is 23.8 Å². The van der Waals surface area contributed by atoms with Crippen LogP contribution in [0.25, 0.3) is 0 Å². The molecule has 0 saturated heterocycles. The van der Waals surface area contributed by atoms with Gasteiger partial charge in [-0.05, 0) is 25.0 Å². The van der Waals surface area contributed by atoms with Crippen LogP contribution >= 0.6 is 0 Å². The molecule has 0 radical (unpaired) electrons. The lowest BCUT2D eigenvalue weighted by molar-refractivity contribution is 0.0714. The molecule has 20 heavy (non-hydrogen) atoms. The normalized spacial score (nSPS) is 16.5. The summed E-state index contributed by atoms with van der Waals surface area (Å²) in [5.74, 6) is 0.419. The van der Waals surface area contributed by atoms with Crippen LogP contribution in [0, 0.1) is 0 Å². The predicted molar refractivity (Wildman–Crippen MR) is 78.2 cm³/mol. The first kappa shape index (κ1) is 14.7. The number of carbonyl (C=O) groups is 1. The van der Waals surface area contributed by atoms with Crippen LogP contribution in [0.15, 0.2) is 18.2 Å². The summed E-state index contributed by atoms with van der Waals surface area (Å²) in [6, 6.07) is 5.10. The molecule has 1 fully saturated rings. The van der Waals surface area contributed by atoms with Crippen LogP contribution in [0.3, 0.4) is 0 Å². The van der Waals surface area contributed by atoms with Gasteiger partial charge in [0.25, 0.3) is 5.91 Å². The molecular formula is C16H23NO3. The Morgan fingerprint density at radius 3 is 2.45 bits per heavy atom. The number of ether oxygens (including phenoxy) is 1. The van der Waals surface area contributed by atoms with Gasteiger partial charge in [-0.2, -0.15) is 0 Å². The second-order valence-corrected chi connectivity index (χ2v) is 5.44. The third-order valence-electron chi connectivity index (χ3n) is 4.13. The average Bonchev–Trinajstić information content (AvgIpc) is 2.74. The van der Waals surface area contributed by atoms with E-state index < -0.39 is 0 Å². The summed E-state index contributed by atoms with van der Waals surface area (Å²) in [4.78, 5) is 14.3. The van der Waals surface area contributed by atoms with E-state index in [1.807, 2.05) is 7.05 Å². The molecule has 1 aliphatic carbocycles. The lowest BCUT2D eigenvalue weighted by atomic mass is 10.1. The zero-order valence-corrected chi connectivity index (χ0v) is 12.3. The lowest BCUT2D eigenvalue weighted by Crippen LogP contribution is -2.36. The number of amides is 1.